The molecule has 7 heteroatoms. The van der Waals surface area contributed by atoms with E-state index in [9.17, 15) is 8.42 Å². The molecule has 2 aromatic carbocycles. The molecule has 0 fully saturated rings. The minimum absolute atomic E-state index is 0.186. The molecule has 1 aliphatic rings. The van der Waals surface area contributed by atoms with Crippen LogP contribution in [0.5, 0.6) is 0 Å². The average molecular weight is 329 g/mol. The summed E-state index contributed by atoms with van der Waals surface area (Å²) in [6, 6.07) is 15.9. The molecule has 2 aromatic rings. The van der Waals surface area contributed by atoms with Gasteiger partial charge in [-0.15, -0.1) is 4.40 Å². The maximum absolute atomic E-state index is 12.1. The van der Waals surface area contributed by atoms with E-state index in [1.807, 2.05) is 6.07 Å². The number of amidine groups is 1. The lowest BCUT2D eigenvalue weighted by atomic mass is 10.2. The first-order valence-corrected chi connectivity index (χ1v) is 8.84. The molecule has 1 N–H and O–H groups in total. The third kappa shape index (κ3) is 2.98. The Bertz CT molecular complexity index is 899. The molecule has 110 valence electrons. The van der Waals surface area contributed by atoms with Gasteiger partial charge in [0.05, 0.1) is 17.3 Å². The zero-order valence-corrected chi connectivity index (χ0v) is 13.0. The Morgan fingerprint density at radius 1 is 1.18 bits per heavy atom. The molecule has 0 bridgehead atoms. The van der Waals surface area contributed by atoms with E-state index in [2.05, 4.69) is 15.8 Å². The van der Waals surface area contributed by atoms with E-state index in [1.165, 1.54) is 17.8 Å². The van der Waals surface area contributed by atoms with Crippen LogP contribution in [0.15, 0.2) is 57.8 Å². The molecule has 0 radical (unpaired) electrons. The number of fused-ring (bicyclic) bond motifs is 1. The van der Waals surface area contributed by atoms with Crippen molar-refractivity contribution in [3.63, 3.8) is 0 Å². The second-order valence-corrected chi connectivity index (χ2v) is 7.13. The van der Waals surface area contributed by atoms with Gasteiger partial charge in [-0.25, -0.2) is 0 Å². The average Bonchev–Trinajstić information content (AvgIpc) is 2.52. The Hall–Kier alpha value is -2.30. The summed E-state index contributed by atoms with van der Waals surface area (Å²) in [4.78, 5) is 0.186. The first-order chi connectivity index (χ1) is 10.6. The van der Waals surface area contributed by atoms with Crippen LogP contribution in [-0.4, -0.2) is 13.6 Å². The molecule has 1 aliphatic heterocycles. The van der Waals surface area contributed by atoms with Gasteiger partial charge in [-0.2, -0.15) is 13.7 Å². The van der Waals surface area contributed by atoms with Gasteiger partial charge in [0.1, 0.15) is 4.90 Å². The van der Waals surface area contributed by atoms with E-state index in [-0.39, 0.29) is 4.90 Å². The highest BCUT2D eigenvalue weighted by atomic mass is 32.2. The van der Waals surface area contributed by atoms with E-state index >= 15 is 0 Å². The third-order valence-corrected chi connectivity index (χ3v) is 5.44. The van der Waals surface area contributed by atoms with Crippen molar-refractivity contribution in [1.82, 2.24) is 0 Å². The zero-order valence-electron chi connectivity index (χ0n) is 11.4. The predicted octanol–water partition coefficient (Wildman–Crippen LogP) is 2.96. The van der Waals surface area contributed by atoms with Crippen molar-refractivity contribution in [3.05, 3.63) is 59.7 Å². The first-order valence-electron chi connectivity index (χ1n) is 6.41. The monoisotopic (exact) mass is 329 g/mol. The second-order valence-electron chi connectivity index (χ2n) is 4.59. The molecule has 22 heavy (non-hydrogen) atoms. The van der Waals surface area contributed by atoms with Crippen molar-refractivity contribution in [2.45, 2.75) is 10.6 Å². The molecule has 0 aliphatic carbocycles. The van der Waals surface area contributed by atoms with Crippen LogP contribution in [0.1, 0.15) is 11.1 Å². The quantitative estimate of drug-likeness (QED) is 0.916. The summed E-state index contributed by atoms with van der Waals surface area (Å²) >= 11 is 1.29. The highest BCUT2D eigenvalue weighted by Crippen LogP contribution is 2.29. The van der Waals surface area contributed by atoms with Gasteiger partial charge >= 0.3 is 0 Å². The third-order valence-electron chi connectivity index (χ3n) is 3.04. The normalized spacial score (nSPS) is 15.1. The molecule has 1 heterocycles. The number of hydrogen-bond donors (Lipinski definition) is 1. The van der Waals surface area contributed by atoms with E-state index < -0.39 is 10.0 Å². The summed E-state index contributed by atoms with van der Waals surface area (Å²) < 4.78 is 28.0. The largest absolute Gasteiger partial charge is 0.333 e. The van der Waals surface area contributed by atoms with Gasteiger partial charge in [-0.05, 0) is 29.8 Å². The van der Waals surface area contributed by atoms with Crippen molar-refractivity contribution < 1.29 is 8.42 Å². The first kappa shape index (κ1) is 14.6. The number of nitrogens with one attached hydrogen (secondary N) is 1. The molecule has 0 amide bonds. The standard InChI is InChI=1S/C15H11N3O2S2/c16-9-11-4-3-5-12(8-11)10-21-15-17-13-6-1-2-7-14(13)22(19,20)18-15/h1-8H,10H2,(H,17,18). The van der Waals surface area contributed by atoms with E-state index in [4.69, 9.17) is 5.26 Å². The maximum atomic E-state index is 12.1. The predicted molar refractivity (Wildman–Crippen MR) is 87.1 cm³/mol. The number of sulfonamides is 1. The van der Waals surface area contributed by atoms with E-state index in [1.54, 1.807) is 36.4 Å². The SMILES string of the molecule is N#Cc1cccc(CSC2=NS(=O)(=O)c3ccccc3N2)c1. The summed E-state index contributed by atoms with van der Waals surface area (Å²) in [6.45, 7) is 0. The molecule has 0 spiro atoms. The summed E-state index contributed by atoms with van der Waals surface area (Å²) in [6.07, 6.45) is 0. The van der Waals surface area contributed by atoms with Crippen LogP contribution in [0.2, 0.25) is 0 Å². The van der Waals surface area contributed by atoms with E-state index in [0.717, 1.165) is 5.56 Å². The number of para-hydroxylation sites is 1. The zero-order chi connectivity index (χ0) is 15.6. The molecule has 5 nitrogen and oxygen atoms in total. The van der Waals surface area contributed by atoms with Gasteiger partial charge in [0.2, 0.25) is 0 Å². The van der Waals surface area contributed by atoms with Crippen molar-refractivity contribution in [2.24, 2.45) is 4.40 Å². The Morgan fingerprint density at radius 3 is 2.82 bits per heavy atom. The highest BCUT2D eigenvalue weighted by molar-refractivity contribution is 8.14. The Labute approximate surface area is 132 Å². The molecular weight excluding hydrogens is 318 g/mol. The number of rotatable bonds is 2. The molecule has 0 atom stereocenters. The van der Waals surface area contributed by atoms with Crippen molar-refractivity contribution >= 4 is 32.6 Å². The Morgan fingerprint density at radius 2 is 2.00 bits per heavy atom. The van der Waals surface area contributed by atoms with Crippen LogP contribution in [0.3, 0.4) is 0 Å². The number of anilines is 1. The minimum Gasteiger partial charge on any atom is -0.333 e. The molecule has 0 saturated carbocycles. The Kier molecular flexibility index (Phi) is 3.88. The lowest BCUT2D eigenvalue weighted by molar-refractivity contribution is 0.598. The molecule has 0 aromatic heterocycles. The topological polar surface area (TPSA) is 82.3 Å². The van der Waals surface area contributed by atoms with Crippen LogP contribution in [0, 0.1) is 11.3 Å². The summed E-state index contributed by atoms with van der Waals surface area (Å²) in [5.41, 5.74) is 2.05. The fourth-order valence-electron chi connectivity index (χ4n) is 2.04. The maximum Gasteiger partial charge on any atom is 0.286 e. The highest BCUT2D eigenvalue weighted by Gasteiger charge is 2.24. The van der Waals surface area contributed by atoms with Crippen molar-refractivity contribution in [3.8, 4) is 6.07 Å². The Balaban J connectivity index is 1.80. The number of nitriles is 1. The number of nitrogens with zero attached hydrogens (tertiary/aromatic N) is 2. The summed E-state index contributed by atoms with van der Waals surface area (Å²) in [5, 5.41) is 12.2. The van der Waals surface area contributed by atoms with Gasteiger partial charge in [-0.1, -0.05) is 36.0 Å². The van der Waals surface area contributed by atoms with Crippen LogP contribution in [0.25, 0.3) is 0 Å². The smallest absolute Gasteiger partial charge is 0.286 e. The van der Waals surface area contributed by atoms with Gasteiger partial charge in [0.25, 0.3) is 10.0 Å². The molecule has 3 rings (SSSR count). The van der Waals surface area contributed by atoms with Crippen LogP contribution in [0.4, 0.5) is 5.69 Å². The summed E-state index contributed by atoms with van der Waals surface area (Å²) in [7, 11) is -3.66. The van der Waals surface area contributed by atoms with Crippen LogP contribution >= 0.6 is 11.8 Å². The lowest BCUT2D eigenvalue weighted by Gasteiger charge is -2.17. The molecule has 0 saturated heterocycles. The number of hydrogen-bond acceptors (Lipinski definition) is 5. The van der Waals surface area contributed by atoms with Crippen LogP contribution < -0.4 is 5.32 Å². The fraction of sp³-hybridized carbons (Fsp3) is 0.0667. The van der Waals surface area contributed by atoms with Gasteiger partial charge in [-0.3, -0.25) is 0 Å². The number of benzene rings is 2. The van der Waals surface area contributed by atoms with E-state index in [0.29, 0.717) is 22.2 Å². The van der Waals surface area contributed by atoms with Crippen LogP contribution in [-0.2, 0) is 15.8 Å². The van der Waals surface area contributed by atoms with Crippen molar-refractivity contribution in [2.75, 3.05) is 5.32 Å². The van der Waals surface area contributed by atoms with Crippen molar-refractivity contribution in [1.29, 1.82) is 5.26 Å². The molecule has 0 unspecified atom stereocenters. The number of thioether (sulfide) groups is 1. The minimum atomic E-state index is -3.66. The lowest BCUT2D eigenvalue weighted by Crippen LogP contribution is -2.18. The second kappa shape index (κ2) is 5.83. The van der Waals surface area contributed by atoms with Gasteiger partial charge in [0.15, 0.2) is 5.17 Å². The van der Waals surface area contributed by atoms with Gasteiger partial charge < -0.3 is 5.32 Å². The summed E-state index contributed by atoms with van der Waals surface area (Å²) in [5.74, 6) is 0.527. The fourth-order valence-corrected chi connectivity index (χ4v) is 4.22. The molecular formula is C15H11N3O2S2. The van der Waals surface area contributed by atoms with Gasteiger partial charge in [0, 0.05) is 5.75 Å².